The first kappa shape index (κ1) is 15.0. The van der Waals surface area contributed by atoms with E-state index in [-0.39, 0.29) is 17.6 Å². The minimum Gasteiger partial charge on any atom is -0.339 e. The van der Waals surface area contributed by atoms with Gasteiger partial charge in [-0.05, 0) is 35.7 Å². The lowest BCUT2D eigenvalue weighted by Gasteiger charge is -2.15. The monoisotopic (exact) mass is 343 g/mol. The second-order valence-corrected chi connectivity index (χ2v) is 6.72. The molecule has 3 aromatic rings. The van der Waals surface area contributed by atoms with E-state index in [1.54, 1.807) is 28.4 Å². The topological polar surface area (TPSA) is 59.2 Å². The number of aromatic nitrogens is 2. The molecule has 0 saturated carbocycles. The van der Waals surface area contributed by atoms with Crippen LogP contribution in [-0.2, 0) is 11.2 Å². The Bertz CT molecular complexity index is 845. The highest BCUT2D eigenvalue weighted by Crippen LogP contribution is 2.30. The van der Waals surface area contributed by atoms with Gasteiger partial charge in [0.25, 0.3) is 0 Å². The molecule has 0 bridgehead atoms. The highest BCUT2D eigenvalue weighted by molar-refractivity contribution is 7.09. The molecule has 0 N–H and O–H groups in total. The second-order valence-electron chi connectivity index (χ2n) is 5.68. The van der Waals surface area contributed by atoms with Crippen molar-refractivity contribution in [3.05, 3.63) is 64.2 Å². The predicted molar refractivity (Wildman–Crippen MR) is 87.5 cm³/mol. The van der Waals surface area contributed by atoms with Gasteiger partial charge >= 0.3 is 0 Å². The Hall–Kier alpha value is -2.54. The molecule has 1 atom stereocenters. The van der Waals surface area contributed by atoms with Crippen LogP contribution >= 0.6 is 11.3 Å². The van der Waals surface area contributed by atoms with E-state index >= 15 is 0 Å². The molecule has 122 valence electrons. The van der Waals surface area contributed by atoms with Gasteiger partial charge in [-0.3, -0.25) is 4.79 Å². The Morgan fingerprint density at radius 3 is 2.88 bits per heavy atom. The SMILES string of the molecule is O=C1C[C@@H](c2noc(Cc3cccs3)n2)CN1c1ccc(F)cc1. The Morgan fingerprint density at radius 2 is 2.12 bits per heavy atom. The lowest BCUT2D eigenvalue weighted by Crippen LogP contribution is -2.24. The van der Waals surface area contributed by atoms with Crippen LogP contribution in [-0.4, -0.2) is 22.6 Å². The van der Waals surface area contributed by atoms with Crippen molar-refractivity contribution in [2.45, 2.75) is 18.8 Å². The first-order chi connectivity index (χ1) is 11.7. The van der Waals surface area contributed by atoms with Crippen molar-refractivity contribution in [3.63, 3.8) is 0 Å². The largest absolute Gasteiger partial charge is 0.339 e. The van der Waals surface area contributed by atoms with Gasteiger partial charge in [-0.25, -0.2) is 4.39 Å². The summed E-state index contributed by atoms with van der Waals surface area (Å²) in [7, 11) is 0. The van der Waals surface area contributed by atoms with Crippen LogP contribution in [0.4, 0.5) is 10.1 Å². The van der Waals surface area contributed by atoms with E-state index < -0.39 is 0 Å². The number of carbonyl (C=O) groups is 1. The number of hydrogen-bond acceptors (Lipinski definition) is 5. The Morgan fingerprint density at radius 1 is 1.29 bits per heavy atom. The fourth-order valence-electron chi connectivity index (χ4n) is 2.82. The molecule has 0 radical (unpaired) electrons. The number of nitrogens with zero attached hydrogens (tertiary/aromatic N) is 3. The van der Waals surface area contributed by atoms with Crippen molar-refractivity contribution >= 4 is 22.9 Å². The fraction of sp³-hybridized carbons (Fsp3) is 0.235. The van der Waals surface area contributed by atoms with Gasteiger partial charge in [-0.2, -0.15) is 4.98 Å². The van der Waals surface area contributed by atoms with Crippen molar-refractivity contribution in [2.75, 3.05) is 11.4 Å². The third-order valence-electron chi connectivity index (χ3n) is 4.02. The number of rotatable bonds is 4. The zero-order valence-electron chi connectivity index (χ0n) is 12.7. The normalized spacial score (nSPS) is 17.6. The van der Waals surface area contributed by atoms with E-state index in [2.05, 4.69) is 10.1 Å². The van der Waals surface area contributed by atoms with Crippen LogP contribution in [0.3, 0.4) is 0 Å². The van der Waals surface area contributed by atoms with Crippen molar-refractivity contribution < 1.29 is 13.7 Å². The predicted octanol–water partition coefficient (Wildman–Crippen LogP) is 3.38. The number of amides is 1. The summed E-state index contributed by atoms with van der Waals surface area (Å²) < 4.78 is 18.3. The van der Waals surface area contributed by atoms with Crippen LogP contribution in [0, 0.1) is 5.82 Å². The summed E-state index contributed by atoms with van der Waals surface area (Å²) in [5, 5.41) is 6.04. The second kappa shape index (κ2) is 6.16. The highest BCUT2D eigenvalue weighted by Gasteiger charge is 2.34. The van der Waals surface area contributed by atoms with Crippen molar-refractivity contribution in [1.29, 1.82) is 0 Å². The number of hydrogen-bond donors (Lipinski definition) is 0. The van der Waals surface area contributed by atoms with Gasteiger partial charge in [-0.1, -0.05) is 11.2 Å². The molecule has 1 amide bonds. The number of benzene rings is 1. The molecule has 2 aromatic heterocycles. The van der Waals surface area contributed by atoms with Gasteiger partial charge in [0.05, 0.1) is 6.42 Å². The third kappa shape index (κ3) is 2.94. The summed E-state index contributed by atoms with van der Waals surface area (Å²) in [5.41, 5.74) is 0.686. The molecule has 1 fully saturated rings. The summed E-state index contributed by atoms with van der Waals surface area (Å²) in [5.74, 6) is 0.664. The van der Waals surface area contributed by atoms with Crippen LogP contribution in [0.1, 0.15) is 28.9 Å². The minimum atomic E-state index is -0.321. The van der Waals surface area contributed by atoms with E-state index in [0.29, 0.717) is 36.8 Å². The summed E-state index contributed by atoms with van der Waals surface area (Å²) in [6.45, 7) is 0.475. The van der Waals surface area contributed by atoms with Gasteiger partial charge < -0.3 is 9.42 Å². The van der Waals surface area contributed by atoms with Gasteiger partial charge in [0.2, 0.25) is 11.8 Å². The lowest BCUT2D eigenvalue weighted by atomic mass is 10.1. The molecule has 0 spiro atoms. The molecule has 24 heavy (non-hydrogen) atoms. The molecule has 1 aliphatic heterocycles. The van der Waals surface area contributed by atoms with E-state index in [1.165, 1.54) is 12.1 Å². The smallest absolute Gasteiger partial charge is 0.231 e. The quantitative estimate of drug-likeness (QED) is 0.729. The maximum atomic E-state index is 13.0. The van der Waals surface area contributed by atoms with Gasteiger partial charge in [0.1, 0.15) is 5.82 Å². The maximum absolute atomic E-state index is 13.0. The standard InChI is InChI=1S/C17H14FN3O2S/c18-12-3-5-13(6-4-12)21-10-11(8-16(21)22)17-19-15(23-20-17)9-14-2-1-7-24-14/h1-7,11H,8-10H2/t11-/m1/s1. The zero-order chi connectivity index (χ0) is 16.5. The number of carbonyl (C=O) groups excluding carboxylic acids is 1. The minimum absolute atomic E-state index is 0.0174. The molecule has 1 aliphatic rings. The van der Waals surface area contributed by atoms with Crippen LogP contribution in [0.25, 0.3) is 0 Å². The molecule has 4 rings (SSSR count). The molecule has 3 heterocycles. The van der Waals surface area contributed by atoms with Crippen LogP contribution in [0.5, 0.6) is 0 Å². The highest BCUT2D eigenvalue weighted by atomic mass is 32.1. The van der Waals surface area contributed by atoms with E-state index in [4.69, 9.17) is 4.52 Å². The van der Waals surface area contributed by atoms with Crippen LogP contribution < -0.4 is 4.90 Å². The summed E-state index contributed by atoms with van der Waals surface area (Å²) >= 11 is 1.64. The molecule has 7 heteroatoms. The fourth-order valence-corrected chi connectivity index (χ4v) is 3.51. The molecule has 5 nitrogen and oxygen atoms in total. The zero-order valence-corrected chi connectivity index (χ0v) is 13.5. The Kier molecular flexibility index (Phi) is 3.86. The van der Waals surface area contributed by atoms with Gasteiger partial charge in [-0.15, -0.1) is 11.3 Å². The molecule has 1 aromatic carbocycles. The Labute approximate surface area is 141 Å². The molecular formula is C17H14FN3O2S. The third-order valence-corrected chi connectivity index (χ3v) is 4.89. The van der Waals surface area contributed by atoms with Gasteiger partial charge in [0.15, 0.2) is 5.82 Å². The van der Waals surface area contributed by atoms with E-state index in [0.717, 1.165) is 4.88 Å². The molecule has 0 aliphatic carbocycles. The van der Waals surface area contributed by atoms with E-state index in [9.17, 15) is 9.18 Å². The Balaban J connectivity index is 1.48. The lowest BCUT2D eigenvalue weighted by molar-refractivity contribution is -0.117. The molecule has 0 unspecified atom stereocenters. The first-order valence-electron chi connectivity index (χ1n) is 7.60. The first-order valence-corrected chi connectivity index (χ1v) is 8.48. The summed E-state index contributed by atoms with van der Waals surface area (Å²) in [6, 6.07) is 9.91. The van der Waals surface area contributed by atoms with Gasteiger partial charge in [0, 0.05) is 29.4 Å². The van der Waals surface area contributed by atoms with Crippen LogP contribution in [0.2, 0.25) is 0 Å². The van der Waals surface area contributed by atoms with E-state index in [1.807, 2.05) is 17.5 Å². The summed E-state index contributed by atoms with van der Waals surface area (Å²) in [6.07, 6.45) is 0.933. The molecule has 1 saturated heterocycles. The van der Waals surface area contributed by atoms with Crippen molar-refractivity contribution in [1.82, 2.24) is 10.1 Å². The average Bonchev–Trinajstić information content (AvgIpc) is 3.30. The number of thiophene rings is 1. The number of anilines is 1. The average molecular weight is 343 g/mol. The van der Waals surface area contributed by atoms with Crippen LogP contribution in [0.15, 0.2) is 46.3 Å². The molecular weight excluding hydrogens is 329 g/mol. The maximum Gasteiger partial charge on any atom is 0.231 e. The van der Waals surface area contributed by atoms with Crippen molar-refractivity contribution in [2.24, 2.45) is 0 Å². The van der Waals surface area contributed by atoms with Crippen molar-refractivity contribution in [3.8, 4) is 0 Å². The number of halogens is 1. The summed E-state index contributed by atoms with van der Waals surface area (Å²) in [4.78, 5) is 19.5.